The van der Waals surface area contributed by atoms with Gasteiger partial charge in [0.2, 0.25) is 10.0 Å². The molecule has 0 saturated heterocycles. The lowest BCUT2D eigenvalue weighted by Gasteiger charge is -2.26. The predicted molar refractivity (Wildman–Crippen MR) is 84.6 cm³/mol. The zero-order chi connectivity index (χ0) is 15.2. The average molecular weight is 318 g/mol. The van der Waals surface area contributed by atoms with Crippen LogP contribution < -0.4 is 0 Å². The van der Waals surface area contributed by atoms with Crippen LogP contribution in [0.15, 0.2) is 29.2 Å². The van der Waals surface area contributed by atoms with Gasteiger partial charge >= 0.3 is 0 Å². The maximum atomic E-state index is 12.8. The first-order valence-electron chi connectivity index (χ1n) is 7.10. The fourth-order valence-corrected chi connectivity index (χ4v) is 4.38. The van der Waals surface area contributed by atoms with Crippen LogP contribution in [-0.2, 0) is 15.9 Å². The molecule has 0 heterocycles. The summed E-state index contributed by atoms with van der Waals surface area (Å²) in [5.74, 6) is 0.205. The molecule has 0 aliphatic heterocycles. The van der Waals surface area contributed by atoms with Gasteiger partial charge in [0.15, 0.2) is 0 Å². The SMILES string of the molecule is CCCCCN(C(C)C)S(=O)(=O)c1ccccc1CCl. The second-order valence-electron chi connectivity index (χ2n) is 5.16. The third kappa shape index (κ3) is 4.21. The highest BCUT2D eigenvalue weighted by atomic mass is 35.5. The molecular weight excluding hydrogens is 294 g/mol. The van der Waals surface area contributed by atoms with Crippen molar-refractivity contribution in [1.29, 1.82) is 0 Å². The van der Waals surface area contributed by atoms with Crippen LogP contribution in [0.3, 0.4) is 0 Å². The second kappa shape index (κ2) is 8.01. The van der Waals surface area contributed by atoms with Crippen molar-refractivity contribution in [3.8, 4) is 0 Å². The number of sulfonamides is 1. The minimum atomic E-state index is -3.47. The molecule has 0 atom stereocenters. The summed E-state index contributed by atoms with van der Waals surface area (Å²) in [5.41, 5.74) is 0.662. The molecule has 0 N–H and O–H groups in total. The molecule has 0 aromatic heterocycles. The van der Waals surface area contributed by atoms with E-state index in [2.05, 4.69) is 6.92 Å². The summed E-state index contributed by atoms with van der Waals surface area (Å²) in [6.07, 6.45) is 3.00. The maximum absolute atomic E-state index is 12.8. The molecular formula is C15H24ClNO2S. The van der Waals surface area contributed by atoms with Crippen molar-refractivity contribution >= 4 is 21.6 Å². The van der Waals surface area contributed by atoms with Gasteiger partial charge in [-0.2, -0.15) is 4.31 Å². The van der Waals surface area contributed by atoms with Crippen LogP contribution in [0.5, 0.6) is 0 Å². The number of unbranched alkanes of at least 4 members (excludes halogenated alkanes) is 2. The third-order valence-electron chi connectivity index (χ3n) is 3.26. The molecule has 0 spiro atoms. The quantitative estimate of drug-likeness (QED) is 0.536. The van der Waals surface area contributed by atoms with Crippen LogP contribution in [0.25, 0.3) is 0 Å². The zero-order valence-electron chi connectivity index (χ0n) is 12.5. The third-order valence-corrected chi connectivity index (χ3v) is 5.72. The predicted octanol–water partition coefficient (Wildman–Crippen LogP) is 4.01. The lowest BCUT2D eigenvalue weighted by atomic mass is 10.2. The summed E-state index contributed by atoms with van der Waals surface area (Å²) in [6, 6.07) is 6.91. The van der Waals surface area contributed by atoms with Crippen molar-refractivity contribution in [2.24, 2.45) is 0 Å². The first-order valence-corrected chi connectivity index (χ1v) is 9.08. The Hall–Kier alpha value is -0.580. The molecule has 0 aliphatic rings. The van der Waals surface area contributed by atoms with E-state index in [0.717, 1.165) is 19.3 Å². The summed E-state index contributed by atoms with van der Waals surface area (Å²) in [6.45, 7) is 6.49. The lowest BCUT2D eigenvalue weighted by Crippen LogP contribution is -2.38. The Labute approximate surface area is 128 Å². The number of halogens is 1. The van der Waals surface area contributed by atoms with Crippen LogP contribution in [0, 0.1) is 0 Å². The minimum Gasteiger partial charge on any atom is -0.207 e. The lowest BCUT2D eigenvalue weighted by molar-refractivity contribution is 0.345. The molecule has 20 heavy (non-hydrogen) atoms. The van der Waals surface area contributed by atoms with Gasteiger partial charge in [-0.1, -0.05) is 38.0 Å². The van der Waals surface area contributed by atoms with E-state index in [1.54, 1.807) is 22.5 Å². The molecule has 0 fully saturated rings. The van der Waals surface area contributed by atoms with Gasteiger partial charge in [-0.25, -0.2) is 8.42 Å². The molecule has 5 heteroatoms. The standard InChI is InChI=1S/C15H24ClNO2S/c1-4-5-8-11-17(13(2)3)20(18,19)15-10-7-6-9-14(15)12-16/h6-7,9-10,13H,4-5,8,11-12H2,1-3H3. The first-order chi connectivity index (χ1) is 9.45. The van der Waals surface area contributed by atoms with E-state index in [9.17, 15) is 8.42 Å². The van der Waals surface area contributed by atoms with Crippen LogP contribution in [-0.4, -0.2) is 25.3 Å². The number of hydrogen-bond acceptors (Lipinski definition) is 2. The van der Waals surface area contributed by atoms with Crippen molar-refractivity contribution in [3.63, 3.8) is 0 Å². The zero-order valence-corrected chi connectivity index (χ0v) is 14.0. The Morgan fingerprint density at radius 2 is 1.85 bits per heavy atom. The minimum absolute atomic E-state index is 0.0553. The largest absolute Gasteiger partial charge is 0.243 e. The smallest absolute Gasteiger partial charge is 0.207 e. The molecule has 1 aromatic rings. The molecule has 0 radical (unpaired) electrons. The van der Waals surface area contributed by atoms with E-state index in [4.69, 9.17) is 11.6 Å². The highest BCUT2D eigenvalue weighted by molar-refractivity contribution is 7.89. The summed E-state index contributed by atoms with van der Waals surface area (Å²) < 4.78 is 27.2. The normalized spacial score (nSPS) is 12.3. The maximum Gasteiger partial charge on any atom is 0.243 e. The van der Waals surface area contributed by atoms with Crippen molar-refractivity contribution in [3.05, 3.63) is 29.8 Å². The van der Waals surface area contributed by atoms with E-state index in [-0.39, 0.29) is 11.9 Å². The van der Waals surface area contributed by atoms with E-state index < -0.39 is 10.0 Å². The van der Waals surface area contributed by atoms with Gasteiger partial charge in [0.05, 0.1) is 4.90 Å². The first kappa shape index (κ1) is 17.5. The van der Waals surface area contributed by atoms with Crippen LogP contribution in [0.2, 0.25) is 0 Å². The molecule has 0 aliphatic carbocycles. The summed E-state index contributed by atoms with van der Waals surface area (Å²) >= 11 is 5.87. The number of hydrogen-bond donors (Lipinski definition) is 0. The molecule has 114 valence electrons. The van der Waals surface area contributed by atoms with Gasteiger partial charge in [-0.15, -0.1) is 11.6 Å². The molecule has 3 nitrogen and oxygen atoms in total. The molecule has 1 rings (SSSR count). The van der Waals surface area contributed by atoms with E-state index in [0.29, 0.717) is 17.0 Å². The topological polar surface area (TPSA) is 37.4 Å². The van der Waals surface area contributed by atoms with E-state index in [1.807, 2.05) is 19.9 Å². The van der Waals surface area contributed by atoms with Gasteiger partial charge in [0, 0.05) is 18.5 Å². The summed E-state index contributed by atoms with van der Waals surface area (Å²) in [7, 11) is -3.47. The van der Waals surface area contributed by atoms with E-state index in [1.165, 1.54) is 0 Å². The highest BCUT2D eigenvalue weighted by Crippen LogP contribution is 2.23. The van der Waals surface area contributed by atoms with Crippen LogP contribution in [0.4, 0.5) is 0 Å². The van der Waals surface area contributed by atoms with E-state index >= 15 is 0 Å². The van der Waals surface area contributed by atoms with Crippen molar-refractivity contribution in [2.75, 3.05) is 6.54 Å². The Kier molecular flexibility index (Phi) is 7.00. The van der Waals surface area contributed by atoms with Gasteiger partial charge < -0.3 is 0 Å². The molecule has 0 saturated carbocycles. The van der Waals surface area contributed by atoms with Gasteiger partial charge in [-0.3, -0.25) is 0 Å². The van der Waals surface area contributed by atoms with Crippen LogP contribution >= 0.6 is 11.6 Å². The number of alkyl halides is 1. The monoisotopic (exact) mass is 317 g/mol. The molecule has 0 amide bonds. The highest BCUT2D eigenvalue weighted by Gasteiger charge is 2.28. The molecule has 0 unspecified atom stereocenters. The Balaban J connectivity index is 3.09. The summed E-state index contributed by atoms with van der Waals surface area (Å²) in [4.78, 5) is 0.334. The van der Waals surface area contributed by atoms with Crippen molar-refractivity contribution < 1.29 is 8.42 Å². The Bertz CT molecular complexity index is 514. The van der Waals surface area contributed by atoms with Gasteiger partial charge in [-0.05, 0) is 31.9 Å². The van der Waals surface area contributed by atoms with Crippen molar-refractivity contribution in [1.82, 2.24) is 4.31 Å². The Morgan fingerprint density at radius 1 is 1.20 bits per heavy atom. The fourth-order valence-electron chi connectivity index (χ4n) is 2.17. The van der Waals surface area contributed by atoms with Crippen molar-refractivity contribution in [2.45, 2.75) is 56.9 Å². The number of rotatable bonds is 8. The van der Waals surface area contributed by atoms with Gasteiger partial charge in [0.1, 0.15) is 0 Å². The fraction of sp³-hybridized carbons (Fsp3) is 0.600. The molecule has 0 bridgehead atoms. The number of benzene rings is 1. The average Bonchev–Trinajstić information content (AvgIpc) is 2.42. The summed E-state index contributed by atoms with van der Waals surface area (Å²) in [5, 5.41) is 0. The Morgan fingerprint density at radius 3 is 2.40 bits per heavy atom. The van der Waals surface area contributed by atoms with Crippen LogP contribution in [0.1, 0.15) is 45.6 Å². The van der Waals surface area contributed by atoms with Gasteiger partial charge in [0.25, 0.3) is 0 Å². The molecule has 1 aromatic carbocycles. The number of nitrogens with zero attached hydrogens (tertiary/aromatic N) is 1. The second-order valence-corrected chi connectivity index (χ2v) is 7.28.